The maximum absolute atomic E-state index is 14.4. The number of nitrogens with zero attached hydrogens (tertiary/aromatic N) is 1. The highest BCUT2D eigenvalue weighted by atomic mass is 19.1. The van der Waals surface area contributed by atoms with Crippen LogP contribution in [0.1, 0.15) is 17.3 Å². The van der Waals surface area contributed by atoms with E-state index in [-0.39, 0.29) is 28.4 Å². The minimum atomic E-state index is -0.756. The molecule has 0 unspecified atom stereocenters. The Bertz CT molecular complexity index is 1310. The predicted molar refractivity (Wildman–Crippen MR) is 115 cm³/mol. The summed E-state index contributed by atoms with van der Waals surface area (Å²) in [5, 5.41) is 6.45. The summed E-state index contributed by atoms with van der Waals surface area (Å²) in [5.74, 6) is -1.57. The van der Waals surface area contributed by atoms with Crippen molar-refractivity contribution in [2.45, 2.75) is 6.92 Å². The molecule has 1 amide bonds. The summed E-state index contributed by atoms with van der Waals surface area (Å²) >= 11 is 0. The number of aromatic amines is 1. The van der Waals surface area contributed by atoms with Crippen LogP contribution in [0.5, 0.6) is 0 Å². The molecule has 6 nitrogen and oxygen atoms in total. The first-order chi connectivity index (χ1) is 15.0. The second kappa shape index (κ2) is 8.35. The SMILES string of the molecule is CCNC(=O)c1ccc(Nc2nc(-c3c(F)cccc3F)cc3cc[nH]c(=O)c23)cc1. The van der Waals surface area contributed by atoms with Crippen LogP contribution in [0.15, 0.2) is 65.6 Å². The van der Waals surface area contributed by atoms with E-state index in [4.69, 9.17) is 0 Å². The minimum absolute atomic E-state index is 0.0511. The van der Waals surface area contributed by atoms with Crippen molar-refractivity contribution in [3.8, 4) is 11.3 Å². The van der Waals surface area contributed by atoms with Crippen LogP contribution in [-0.4, -0.2) is 22.4 Å². The molecule has 31 heavy (non-hydrogen) atoms. The highest BCUT2D eigenvalue weighted by molar-refractivity contribution is 5.96. The van der Waals surface area contributed by atoms with Crippen LogP contribution in [-0.2, 0) is 0 Å². The maximum Gasteiger partial charge on any atom is 0.259 e. The van der Waals surface area contributed by atoms with Gasteiger partial charge in [-0.1, -0.05) is 6.07 Å². The Morgan fingerprint density at radius 1 is 1.06 bits per heavy atom. The fourth-order valence-corrected chi connectivity index (χ4v) is 3.28. The molecule has 2 aromatic carbocycles. The van der Waals surface area contributed by atoms with Crippen LogP contribution in [0.2, 0.25) is 0 Å². The summed E-state index contributed by atoms with van der Waals surface area (Å²) in [7, 11) is 0. The molecule has 0 aliphatic heterocycles. The topological polar surface area (TPSA) is 86.9 Å². The lowest BCUT2D eigenvalue weighted by molar-refractivity contribution is 0.0956. The van der Waals surface area contributed by atoms with E-state index in [1.807, 2.05) is 6.92 Å². The summed E-state index contributed by atoms with van der Waals surface area (Å²) in [6.07, 6.45) is 1.46. The zero-order chi connectivity index (χ0) is 22.0. The average Bonchev–Trinajstić information content (AvgIpc) is 2.74. The van der Waals surface area contributed by atoms with Crippen molar-refractivity contribution >= 4 is 28.2 Å². The smallest absolute Gasteiger partial charge is 0.259 e. The lowest BCUT2D eigenvalue weighted by atomic mass is 10.1. The highest BCUT2D eigenvalue weighted by Gasteiger charge is 2.17. The monoisotopic (exact) mass is 420 g/mol. The standard InChI is InChI=1S/C23H18F2N4O2/c1-2-26-22(30)13-6-8-15(9-7-13)28-21-19-14(10-11-27-23(19)31)12-18(29-21)20-16(24)4-3-5-17(20)25/h3-12H,2H2,1H3,(H,26,30)(H,27,31)(H,28,29). The molecule has 0 saturated heterocycles. The van der Waals surface area contributed by atoms with Gasteiger partial charge in [-0.15, -0.1) is 0 Å². The second-order valence-corrected chi connectivity index (χ2v) is 6.79. The molecule has 0 atom stereocenters. The largest absolute Gasteiger partial charge is 0.352 e. The maximum atomic E-state index is 14.4. The first-order valence-electron chi connectivity index (χ1n) is 9.60. The summed E-state index contributed by atoms with van der Waals surface area (Å²) in [6.45, 7) is 2.34. The molecule has 0 fully saturated rings. The highest BCUT2D eigenvalue weighted by Crippen LogP contribution is 2.30. The van der Waals surface area contributed by atoms with Gasteiger partial charge in [0.05, 0.1) is 16.6 Å². The molecule has 0 spiro atoms. The number of hydrogen-bond acceptors (Lipinski definition) is 4. The van der Waals surface area contributed by atoms with Gasteiger partial charge in [0.25, 0.3) is 11.5 Å². The van der Waals surface area contributed by atoms with E-state index in [0.717, 1.165) is 12.1 Å². The van der Waals surface area contributed by atoms with Crippen LogP contribution in [0, 0.1) is 11.6 Å². The fraction of sp³-hybridized carbons (Fsp3) is 0.0870. The van der Waals surface area contributed by atoms with Crippen molar-refractivity contribution in [2.24, 2.45) is 0 Å². The number of nitrogens with one attached hydrogen (secondary N) is 3. The first kappa shape index (κ1) is 20.2. The number of rotatable bonds is 5. The molecule has 8 heteroatoms. The van der Waals surface area contributed by atoms with E-state index in [9.17, 15) is 18.4 Å². The molecular formula is C23H18F2N4O2. The van der Waals surface area contributed by atoms with Crippen molar-refractivity contribution in [1.82, 2.24) is 15.3 Å². The Labute approximate surface area is 176 Å². The van der Waals surface area contributed by atoms with E-state index >= 15 is 0 Å². The third-order valence-corrected chi connectivity index (χ3v) is 4.72. The van der Waals surface area contributed by atoms with Gasteiger partial charge in [-0.05, 0) is 60.8 Å². The van der Waals surface area contributed by atoms with Gasteiger partial charge in [0.1, 0.15) is 17.5 Å². The van der Waals surface area contributed by atoms with E-state index in [2.05, 4.69) is 20.6 Å². The quantitative estimate of drug-likeness (QED) is 0.448. The normalized spacial score (nSPS) is 10.8. The van der Waals surface area contributed by atoms with Crippen LogP contribution in [0.4, 0.5) is 20.3 Å². The molecule has 0 aliphatic rings. The molecule has 3 N–H and O–H groups in total. The van der Waals surface area contributed by atoms with Crippen molar-refractivity contribution in [3.05, 3.63) is 88.3 Å². The van der Waals surface area contributed by atoms with Crippen LogP contribution >= 0.6 is 0 Å². The van der Waals surface area contributed by atoms with E-state index in [0.29, 0.717) is 23.2 Å². The number of carbonyl (C=O) groups excluding carboxylic acids is 1. The van der Waals surface area contributed by atoms with Crippen molar-refractivity contribution < 1.29 is 13.6 Å². The number of H-pyrrole nitrogens is 1. The Hall–Kier alpha value is -4.07. The number of hydrogen-bond donors (Lipinski definition) is 3. The summed E-state index contributed by atoms with van der Waals surface area (Å²) in [6, 6.07) is 13.2. The van der Waals surface area contributed by atoms with Crippen LogP contribution < -0.4 is 16.2 Å². The van der Waals surface area contributed by atoms with Gasteiger partial charge in [0.15, 0.2) is 0 Å². The van der Waals surface area contributed by atoms with Gasteiger partial charge in [-0.3, -0.25) is 9.59 Å². The fourth-order valence-electron chi connectivity index (χ4n) is 3.28. The molecule has 156 valence electrons. The van der Waals surface area contributed by atoms with Crippen molar-refractivity contribution in [3.63, 3.8) is 0 Å². The zero-order valence-electron chi connectivity index (χ0n) is 16.5. The van der Waals surface area contributed by atoms with Crippen molar-refractivity contribution in [2.75, 3.05) is 11.9 Å². The summed E-state index contributed by atoms with van der Waals surface area (Å²) < 4.78 is 28.7. The Morgan fingerprint density at radius 2 is 1.77 bits per heavy atom. The molecule has 4 rings (SSSR count). The average molecular weight is 420 g/mol. The zero-order valence-corrected chi connectivity index (χ0v) is 16.5. The molecule has 4 aromatic rings. The second-order valence-electron chi connectivity index (χ2n) is 6.79. The number of anilines is 2. The number of amides is 1. The number of benzene rings is 2. The van der Waals surface area contributed by atoms with E-state index < -0.39 is 17.2 Å². The Kier molecular flexibility index (Phi) is 5.44. The number of carbonyl (C=O) groups is 1. The molecule has 0 radical (unpaired) electrons. The number of aromatic nitrogens is 2. The van der Waals surface area contributed by atoms with Crippen LogP contribution in [0.3, 0.4) is 0 Å². The predicted octanol–water partition coefficient (Wildman–Crippen LogP) is 4.36. The molecule has 0 saturated carbocycles. The van der Waals surface area contributed by atoms with E-state index in [1.54, 1.807) is 30.3 Å². The molecular weight excluding hydrogens is 402 g/mol. The molecule has 0 aliphatic carbocycles. The molecule has 0 bridgehead atoms. The third kappa shape index (κ3) is 4.00. The summed E-state index contributed by atoms with van der Waals surface area (Å²) in [5.41, 5.74) is 0.406. The number of pyridine rings is 2. The van der Waals surface area contributed by atoms with E-state index in [1.165, 1.54) is 18.3 Å². The number of halogens is 2. The van der Waals surface area contributed by atoms with Crippen LogP contribution in [0.25, 0.3) is 22.0 Å². The molecule has 2 aromatic heterocycles. The van der Waals surface area contributed by atoms with Gasteiger partial charge in [0, 0.05) is 24.0 Å². The Balaban J connectivity index is 1.81. The first-order valence-corrected chi connectivity index (χ1v) is 9.60. The number of fused-ring (bicyclic) bond motifs is 1. The van der Waals surface area contributed by atoms with Gasteiger partial charge >= 0.3 is 0 Å². The van der Waals surface area contributed by atoms with Gasteiger partial charge in [-0.25, -0.2) is 13.8 Å². The lowest BCUT2D eigenvalue weighted by Gasteiger charge is -2.12. The summed E-state index contributed by atoms with van der Waals surface area (Å²) in [4.78, 5) is 31.3. The Morgan fingerprint density at radius 3 is 2.45 bits per heavy atom. The van der Waals surface area contributed by atoms with Gasteiger partial charge in [-0.2, -0.15) is 0 Å². The van der Waals surface area contributed by atoms with Gasteiger partial charge < -0.3 is 15.6 Å². The van der Waals surface area contributed by atoms with Gasteiger partial charge in [0.2, 0.25) is 0 Å². The minimum Gasteiger partial charge on any atom is -0.352 e. The van der Waals surface area contributed by atoms with Crippen molar-refractivity contribution in [1.29, 1.82) is 0 Å². The molecule has 2 heterocycles. The third-order valence-electron chi connectivity index (χ3n) is 4.72. The lowest BCUT2D eigenvalue weighted by Crippen LogP contribution is -2.22.